The van der Waals surface area contributed by atoms with E-state index >= 15 is 0 Å². The maximum Gasteiger partial charge on any atom is 0.253 e. The SMILES string of the molecule is CCNC(=NCc1ccc(C(=O)N(C)C)cc1)NCC1(N2CCCCC2)CCCCC1.I. The Morgan fingerprint density at radius 2 is 1.62 bits per heavy atom. The fraction of sp³-hybridized carbons (Fsp3) is 0.680. The predicted molar refractivity (Wildman–Crippen MR) is 144 cm³/mol. The summed E-state index contributed by atoms with van der Waals surface area (Å²) in [5.41, 5.74) is 2.10. The number of guanidine groups is 1. The van der Waals surface area contributed by atoms with E-state index in [1.54, 1.807) is 19.0 Å². The molecule has 0 spiro atoms. The van der Waals surface area contributed by atoms with Gasteiger partial charge in [0, 0.05) is 38.3 Å². The van der Waals surface area contributed by atoms with Crippen molar-refractivity contribution in [3.8, 4) is 0 Å². The topological polar surface area (TPSA) is 60.0 Å². The van der Waals surface area contributed by atoms with Crippen molar-refractivity contribution in [3.05, 3.63) is 35.4 Å². The Bertz CT molecular complexity index is 722. The van der Waals surface area contributed by atoms with Gasteiger partial charge in [-0.15, -0.1) is 24.0 Å². The van der Waals surface area contributed by atoms with Gasteiger partial charge in [-0.2, -0.15) is 0 Å². The van der Waals surface area contributed by atoms with E-state index in [9.17, 15) is 4.79 Å². The van der Waals surface area contributed by atoms with Gasteiger partial charge in [-0.05, 0) is 63.4 Å². The lowest BCUT2D eigenvalue weighted by molar-refractivity contribution is 0.0368. The molecule has 0 atom stereocenters. The molecule has 1 saturated carbocycles. The average Bonchev–Trinajstić information content (AvgIpc) is 2.82. The molecule has 0 aromatic heterocycles. The van der Waals surface area contributed by atoms with Crippen molar-refractivity contribution in [2.45, 2.75) is 70.4 Å². The van der Waals surface area contributed by atoms with E-state index in [-0.39, 0.29) is 35.4 Å². The molecule has 180 valence electrons. The second-order valence-electron chi connectivity index (χ2n) is 9.28. The first kappa shape index (κ1) is 26.9. The minimum atomic E-state index is 0. The standard InChI is InChI=1S/C25H41N5O.HI/c1-4-26-24(27-19-21-11-13-22(14-12-21)23(31)29(2)3)28-20-25(15-7-5-8-16-25)30-17-9-6-10-18-30;/h11-14H,4-10,15-20H2,1-3H3,(H2,26,27,28);1H. The quantitative estimate of drug-likeness (QED) is 0.300. The summed E-state index contributed by atoms with van der Waals surface area (Å²) in [7, 11) is 3.55. The Morgan fingerprint density at radius 1 is 1.00 bits per heavy atom. The molecule has 1 heterocycles. The molecule has 6 nitrogen and oxygen atoms in total. The summed E-state index contributed by atoms with van der Waals surface area (Å²) in [6.45, 7) is 7.01. The number of halogens is 1. The van der Waals surface area contributed by atoms with E-state index < -0.39 is 0 Å². The Hall–Kier alpha value is -1.35. The van der Waals surface area contributed by atoms with E-state index in [4.69, 9.17) is 4.99 Å². The highest BCUT2D eigenvalue weighted by molar-refractivity contribution is 14.0. The Kier molecular flexibility index (Phi) is 11.2. The number of benzene rings is 1. The number of likely N-dealkylation sites (tertiary alicyclic amines) is 1. The summed E-state index contributed by atoms with van der Waals surface area (Å²) < 4.78 is 0. The van der Waals surface area contributed by atoms with E-state index in [1.165, 1.54) is 64.5 Å². The summed E-state index contributed by atoms with van der Waals surface area (Å²) in [6, 6.07) is 7.78. The molecular weight excluding hydrogens is 513 g/mol. The van der Waals surface area contributed by atoms with Crippen LogP contribution < -0.4 is 10.6 Å². The molecule has 0 bridgehead atoms. The number of carbonyl (C=O) groups is 1. The highest BCUT2D eigenvalue weighted by Crippen LogP contribution is 2.35. The van der Waals surface area contributed by atoms with Crippen LogP contribution in [0.4, 0.5) is 0 Å². The lowest BCUT2D eigenvalue weighted by Crippen LogP contribution is -2.59. The van der Waals surface area contributed by atoms with Crippen molar-refractivity contribution in [1.29, 1.82) is 0 Å². The molecule has 32 heavy (non-hydrogen) atoms. The van der Waals surface area contributed by atoms with Gasteiger partial charge in [0.05, 0.1) is 6.54 Å². The van der Waals surface area contributed by atoms with Crippen molar-refractivity contribution in [1.82, 2.24) is 20.4 Å². The molecule has 7 heteroatoms. The third kappa shape index (κ3) is 7.33. The van der Waals surface area contributed by atoms with Crippen molar-refractivity contribution >= 4 is 35.8 Å². The molecule has 1 aliphatic carbocycles. The van der Waals surface area contributed by atoms with Gasteiger partial charge in [-0.3, -0.25) is 9.69 Å². The van der Waals surface area contributed by atoms with E-state index in [0.29, 0.717) is 12.1 Å². The maximum absolute atomic E-state index is 12.1. The summed E-state index contributed by atoms with van der Waals surface area (Å²) in [4.78, 5) is 21.3. The zero-order valence-electron chi connectivity index (χ0n) is 20.2. The highest BCUT2D eigenvalue weighted by atomic mass is 127. The summed E-state index contributed by atoms with van der Waals surface area (Å²) in [5.74, 6) is 0.915. The Labute approximate surface area is 211 Å². The molecule has 1 amide bonds. The first-order valence-electron chi connectivity index (χ1n) is 12.1. The van der Waals surface area contributed by atoms with Crippen LogP contribution in [0.2, 0.25) is 0 Å². The normalized spacial score (nSPS) is 19.0. The van der Waals surface area contributed by atoms with Crippen LogP contribution in [0.5, 0.6) is 0 Å². The number of amides is 1. The van der Waals surface area contributed by atoms with Crippen LogP contribution >= 0.6 is 24.0 Å². The second kappa shape index (κ2) is 13.4. The number of hydrogen-bond donors (Lipinski definition) is 2. The second-order valence-corrected chi connectivity index (χ2v) is 9.28. The minimum Gasteiger partial charge on any atom is -0.357 e. The average molecular weight is 556 g/mol. The zero-order valence-corrected chi connectivity index (χ0v) is 22.5. The van der Waals surface area contributed by atoms with Crippen LogP contribution in [0.25, 0.3) is 0 Å². The van der Waals surface area contributed by atoms with Crippen LogP contribution in [0.1, 0.15) is 74.2 Å². The third-order valence-corrected chi connectivity index (χ3v) is 6.77. The summed E-state index contributed by atoms with van der Waals surface area (Å²) >= 11 is 0. The fourth-order valence-electron chi connectivity index (χ4n) is 4.95. The largest absolute Gasteiger partial charge is 0.357 e. The van der Waals surface area contributed by atoms with Crippen LogP contribution in [0.3, 0.4) is 0 Å². The van der Waals surface area contributed by atoms with E-state index in [0.717, 1.165) is 24.6 Å². The van der Waals surface area contributed by atoms with Gasteiger partial charge in [0.15, 0.2) is 5.96 Å². The molecule has 1 aromatic carbocycles. The smallest absolute Gasteiger partial charge is 0.253 e. The lowest BCUT2D eigenvalue weighted by Gasteiger charge is -2.48. The molecule has 1 aliphatic heterocycles. The number of hydrogen-bond acceptors (Lipinski definition) is 3. The van der Waals surface area contributed by atoms with Crippen molar-refractivity contribution in [3.63, 3.8) is 0 Å². The van der Waals surface area contributed by atoms with Gasteiger partial charge in [0.2, 0.25) is 0 Å². The van der Waals surface area contributed by atoms with Gasteiger partial charge in [0.1, 0.15) is 0 Å². The monoisotopic (exact) mass is 555 g/mol. The number of nitrogens with zero attached hydrogens (tertiary/aromatic N) is 3. The van der Waals surface area contributed by atoms with E-state index in [2.05, 4.69) is 22.5 Å². The maximum atomic E-state index is 12.1. The highest BCUT2D eigenvalue weighted by Gasteiger charge is 2.38. The molecular formula is C25H42IN5O. The number of nitrogens with one attached hydrogen (secondary N) is 2. The minimum absolute atomic E-state index is 0. The first-order chi connectivity index (χ1) is 15.0. The van der Waals surface area contributed by atoms with Gasteiger partial charge in [-0.25, -0.2) is 4.99 Å². The summed E-state index contributed by atoms with van der Waals surface area (Å²) in [5, 5.41) is 7.10. The third-order valence-electron chi connectivity index (χ3n) is 6.77. The van der Waals surface area contributed by atoms with Gasteiger partial charge in [0.25, 0.3) is 5.91 Å². The van der Waals surface area contributed by atoms with Gasteiger partial charge >= 0.3 is 0 Å². The fourth-order valence-corrected chi connectivity index (χ4v) is 4.95. The molecule has 0 unspecified atom stereocenters. The number of aliphatic imine (C=N–C) groups is 1. The van der Waals surface area contributed by atoms with Crippen molar-refractivity contribution < 1.29 is 4.79 Å². The number of piperidine rings is 1. The zero-order chi connectivity index (χ0) is 22.1. The molecule has 2 fully saturated rings. The van der Waals surface area contributed by atoms with E-state index in [1.807, 2.05) is 24.3 Å². The van der Waals surface area contributed by atoms with Crippen LogP contribution in [-0.4, -0.2) is 67.5 Å². The molecule has 2 N–H and O–H groups in total. The van der Waals surface area contributed by atoms with Gasteiger partial charge < -0.3 is 15.5 Å². The number of rotatable bonds is 7. The van der Waals surface area contributed by atoms with Crippen LogP contribution in [-0.2, 0) is 6.54 Å². The Morgan fingerprint density at radius 3 is 2.22 bits per heavy atom. The Balaban J connectivity index is 0.00000363. The van der Waals surface area contributed by atoms with Crippen LogP contribution in [0.15, 0.2) is 29.3 Å². The molecule has 1 saturated heterocycles. The summed E-state index contributed by atoms with van der Waals surface area (Å²) in [6.07, 6.45) is 10.7. The predicted octanol–water partition coefficient (Wildman–Crippen LogP) is 4.25. The van der Waals surface area contributed by atoms with Crippen molar-refractivity contribution in [2.75, 3.05) is 40.3 Å². The van der Waals surface area contributed by atoms with Crippen LogP contribution in [0, 0.1) is 0 Å². The number of carbonyl (C=O) groups excluding carboxylic acids is 1. The molecule has 0 radical (unpaired) electrons. The van der Waals surface area contributed by atoms with Crippen molar-refractivity contribution in [2.24, 2.45) is 4.99 Å². The van der Waals surface area contributed by atoms with Gasteiger partial charge in [-0.1, -0.05) is 37.8 Å². The molecule has 2 aliphatic rings. The first-order valence-corrected chi connectivity index (χ1v) is 12.1. The molecule has 1 aromatic rings. The molecule has 3 rings (SSSR count). The lowest BCUT2D eigenvalue weighted by atomic mass is 9.79.